The highest BCUT2D eigenvalue weighted by Crippen LogP contribution is 2.12. The van der Waals surface area contributed by atoms with Gasteiger partial charge in [-0.05, 0) is 70.6 Å². The molecule has 0 radical (unpaired) electrons. The molecule has 0 aliphatic rings. The summed E-state index contributed by atoms with van der Waals surface area (Å²) in [4.78, 5) is 24.2. The van der Waals surface area contributed by atoms with E-state index in [1.54, 1.807) is 0 Å². The molecule has 0 heterocycles. The van der Waals surface area contributed by atoms with Gasteiger partial charge in [-0.2, -0.15) is 0 Å². The fourth-order valence-corrected chi connectivity index (χ4v) is 5.05. The Labute approximate surface area is 272 Å². The summed E-state index contributed by atoms with van der Waals surface area (Å²) in [5, 5.41) is 9.53. The smallest absolute Gasteiger partial charge is 0.306 e. The van der Waals surface area contributed by atoms with Crippen LogP contribution in [0.5, 0.6) is 0 Å². The van der Waals surface area contributed by atoms with Gasteiger partial charge in [-0.25, -0.2) is 0 Å². The molecule has 256 valence electrons. The molecule has 0 saturated heterocycles. The molecule has 0 rings (SSSR count). The molecule has 0 aliphatic heterocycles. The first kappa shape index (κ1) is 42.1. The molecule has 0 saturated carbocycles. The van der Waals surface area contributed by atoms with Crippen molar-refractivity contribution in [2.45, 2.75) is 187 Å². The Kier molecular flexibility index (Phi) is 34.1. The summed E-state index contributed by atoms with van der Waals surface area (Å²) in [6.45, 7) is 4.08. The first-order valence-corrected chi connectivity index (χ1v) is 18.5. The number of rotatable bonds is 33. The van der Waals surface area contributed by atoms with Crippen molar-refractivity contribution in [2.24, 2.45) is 0 Å². The number of unbranched alkanes of at least 4 members (excludes halogenated alkanes) is 19. The van der Waals surface area contributed by atoms with Gasteiger partial charge in [0.2, 0.25) is 0 Å². The molecule has 0 aromatic carbocycles. The summed E-state index contributed by atoms with van der Waals surface area (Å²) in [5.41, 5.74) is 0. The van der Waals surface area contributed by atoms with Crippen molar-refractivity contribution < 1.29 is 24.2 Å². The van der Waals surface area contributed by atoms with Gasteiger partial charge in [0.15, 0.2) is 6.10 Å². The number of allylic oxidation sites excluding steroid dienone is 6. The van der Waals surface area contributed by atoms with Crippen LogP contribution in [-0.2, 0) is 19.1 Å². The number of carbonyl (C=O) groups excluding carboxylic acids is 2. The molecular formula is C39H70O5. The molecule has 1 unspecified atom stereocenters. The van der Waals surface area contributed by atoms with Crippen LogP contribution in [0.2, 0.25) is 0 Å². The minimum Gasteiger partial charge on any atom is -0.462 e. The van der Waals surface area contributed by atoms with Crippen molar-refractivity contribution in [3.8, 4) is 0 Å². The maximum absolute atomic E-state index is 12.1. The summed E-state index contributed by atoms with van der Waals surface area (Å²) >= 11 is 0. The van der Waals surface area contributed by atoms with Crippen LogP contribution < -0.4 is 0 Å². The van der Waals surface area contributed by atoms with Gasteiger partial charge in [0.25, 0.3) is 0 Å². The van der Waals surface area contributed by atoms with E-state index >= 15 is 0 Å². The number of carbonyl (C=O) groups is 2. The summed E-state index contributed by atoms with van der Waals surface area (Å²) < 4.78 is 10.6. The first-order chi connectivity index (χ1) is 21.6. The molecular weight excluding hydrogens is 548 g/mol. The minimum absolute atomic E-state index is 0.0757. The lowest BCUT2D eigenvalue weighted by Crippen LogP contribution is -2.28. The molecule has 0 spiro atoms. The van der Waals surface area contributed by atoms with Gasteiger partial charge < -0.3 is 14.6 Å². The van der Waals surface area contributed by atoms with Crippen molar-refractivity contribution in [1.29, 1.82) is 0 Å². The minimum atomic E-state index is -0.779. The predicted molar refractivity (Wildman–Crippen MR) is 187 cm³/mol. The third kappa shape index (κ3) is 33.0. The van der Waals surface area contributed by atoms with E-state index in [4.69, 9.17) is 9.47 Å². The first-order valence-electron chi connectivity index (χ1n) is 18.5. The summed E-state index contributed by atoms with van der Waals surface area (Å²) in [6, 6.07) is 0. The molecule has 0 aliphatic carbocycles. The fourth-order valence-electron chi connectivity index (χ4n) is 5.05. The van der Waals surface area contributed by atoms with Crippen LogP contribution in [0.1, 0.15) is 181 Å². The highest BCUT2D eigenvalue weighted by atomic mass is 16.6. The van der Waals surface area contributed by atoms with E-state index in [0.717, 1.165) is 57.8 Å². The number of ether oxygens (including phenoxy) is 2. The Bertz CT molecular complexity index is 711. The van der Waals surface area contributed by atoms with Crippen molar-refractivity contribution >= 4 is 11.9 Å². The summed E-state index contributed by atoms with van der Waals surface area (Å²) in [7, 11) is 0. The summed E-state index contributed by atoms with van der Waals surface area (Å²) in [5.74, 6) is -0.617. The van der Waals surface area contributed by atoms with Crippen molar-refractivity contribution in [3.05, 3.63) is 36.5 Å². The second-order valence-electron chi connectivity index (χ2n) is 12.3. The second-order valence-corrected chi connectivity index (χ2v) is 12.3. The highest BCUT2D eigenvalue weighted by molar-refractivity contribution is 5.70. The van der Waals surface area contributed by atoms with Crippen LogP contribution in [-0.4, -0.2) is 36.4 Å². The molecule has 0 bridgehead atoms. The van der Waals surface area contributed by atoms with Crippen molar-refractivity contribution in [1.82, 2.24) is 0 Å². The zero-order valence-corrected chi connectivity index (χ0v) is 28.9. The topological polar surface area (TPSA) is 72.8 Å². The zero-order chi connectivity index (χ0) is 32.2. The SMILES string of the molecule is CCCCC/C=C/C/C=C/CCCCCCCC(=O)OCC(CO)OC(=O)CCCCCCC/C=C/CCCCCCCC. The maximum Gasteiger partial charge on any atom is 0.306 e. The van der Waals surface area contributed by atoms with Gasteiger partial charge in [0, 0.05) is 12.8 Å². The van der Waals surface area contributed by atoms with E-state index in [1.807, 2.05) is 0 Å². The van der Waals surface area contributed by atoms with E-state index in [2.05, 4.69) is 50.3 Å². The Hall–Kier alpha value is -1.88. The van der Waals surface area contributed by atoms with Crippen LogP contribution in [0.3, 0.4) is 0 Å². The molecule has 1 N–H and O–H groups in total. The molecule has 0 aromatic heterocycles. The van der Waals surface area contributed by atoms with E-state index in [9.17, 15) is 14.7 Å². The Morgan fingerprint density at radius 1 is 0.523 bits per heavy atom. The average Bonchev–Trinajstić information content (AvgIpc) is 3.02. The number of aliphatic hydroxyl groups excluding tert-OH is 1. The zero-order valence-electron chi connectivity index (χ0n) is 28.9. The number of esters is 2. The molecule has 44 heavy (non-hydrogen) atoms. The van der Waals surface area contributed by atoms with Crippen LogP contribution >= 0.6 is 0 Å². The van der Waals surface area contributed by atoms with E-state index in [-0.39, 0.29) is 25.2 Å². The molecule has 1 atom stereocenters. The van der Waals surface area contributed by atoms with Crippen LogP contribution in [0.25, 0.3) is 0 Å². The maximum atomic E-state index is 12.1. The number of hydrogen-bond donors (Lipinski definition) is 1. The van der Waals surface area contributed by atoms with E-state index < -0.39 is 6.10 Å². The highest BCUT2D eigenvalue weighted by Gasteiger charge is 2.16. The lowest BCUT2D eigenvalue weighted by Gasteiger charge is -2.15. The Morgan fingerprint density at radius 2 is 0.909 bits per heavy atom. The average molecular weight is 619 g/mol. The third-order valence-corrected chi connectivity index (χ3v) is 7.91. The van der Waals surface area contributed by atoms with Crippen LogP contribution in [0.4, 0.5) is 0 Å². The molecule has 5 heteroatoms. The predicted octanol–water partition coefficient (Wildman–Crippen LogP) is 11.3. The standard InChI is InChI=1S/C39H70O5/c1-3-5-7-9-11-13-15-17-19-21-23-25-27-29-31-33-38(41)43-36-37(35-40)44-39(42)34-32-30-28-26-24-22-20-18-16-14-12-10-8-6-4-2/h11,13,17-20,37,40H,3-10,12,14-16,21-36H2,1-2H3/b13-11+,19-17+,20-18+. The number of aliphatic hydroxyl groups is 1. The molecule has 0 fully saturated rings. The normalized spacial score (nSPS) is 12.5. The molecule has 0 aromatic rings. The lowest BCUT2D eigenvalue weighted by atomic mass is 10.1. The van der Waals surface area contributed by atoms with E-state index in [0.29, 0.717) is 12.8 Å². The van der Waals surface area contributed by atoms with Gasteiger partial charge >= 0.3 is 11.9 Å². The monoisotopic (exact) mass is 619 g/mol. The fraction of sp³-hybridized carbons (Fsp3) is 0.795. The van der Waals surface area contributed by atoms with Gasteiger partial charge in [-0.1, -0.05) is 134 Å². The van der Waals surface area contributed by atoms with Crippen molar-refractivity contribution in [3.63, 3.8) is 0 Å². The van der Waals surface area contributed by atoms with Gasteiger partial charge in [0.05, 0.1) is 6.61 Å². The van der Waals surface area contributed by atoms with Crippen LogP contribution in [0.15, 0.2) is 36.5 Å². The van der Waals surface area contributed by atoms with E-state index in [1.165, 1.54) is 96.3 Å². The quantitative estimate of drug-likeness (QED) is 0.0450. The number of hydrogen-bond acceptors (Lipinski definition) is 5. The lowest BCUT2D eigenvalue weighted by molar-refractivity contribution is -0.161. The summed E-state index contributed by atoms with van der Waals surface area (Å²) in [6.07, 6.45) is 41.9. The Balaban J connectivity index is 3.61. The van der Waals surface area contributed by atoms with Crippen molar-refractivity contribution in [2.75, 3.05) is 13.2 Å². The second kappa shape index (κ2) is 35.6. The molecule has 0 amide bonds. The van der Waals surface area contributed by atoms with Gasteiger partial charge in [0.1, 0.15) is 6.61 Å². The molecule has 5 nitrogen and oxygen atoms in total. The van der Waals surface area contributed by atoms with Gasteiger partial charge in [-0.15, -0.1) is 0 Å². The largest absolute Gasteiger partial charge is 0.462 e. The van der Waals surface area contributed by atoms with Gasteiger partial charge in [-0.3, -0.25) is 9.59 Å². The third-order valence-electron chi connectivity index (χ3n) is 7.91. The van der Waals surface area contributed by atoms with Crippen LogP contribution in [0, 0.1) is 0 Å². The Morgan fingerprint density at radius 3 is 1.41 bits per heavy atom.